The number of nitrogens with one attached hydrogen (secondary N) is 2. The van der Waals surface area contributed by atoms with E-state index in [1.165, 1.54) is 11.3 Å². The van der Waals surface area contributed by atoms with Crippen molar-refractivity contribution in [2.24, 2.45) is 5.92 Å². The van der Waals surface area contributed by atoms with E-state index in [1.807, 2.05) is 0 Å². The van der Waals surface area contributed by atoms with E-state index in [1.54, 1.807) is 29.6 Å². The van der Waals surface area contributed by atoms with Crippen LogP contribution in [0, 0.1) is 5.92 Å². The summed E-state index contributed by atoms with van der Waals surface area (Å²) in [7, 11) is 0. The first-order valence-electron chi connectivity index (χ1n) is 10.7. The summed E-state index contributed by atoms with van der Waals surface area (Å²) < 4.78 is 6.82. The average Bonchev–Trinajstić information content (AvgIpc) is 3.42. The van der Waals surface area contributed by atoms with Gasteiger partial charge in [-0.1, -0.05) is 32.1 Å². The molecule has 3 heterocycles. The number of likely N-dealkylation sites (tertiary alicyclic amines) is 1. The lowest BCUT2D eigenvalue weighted by Crippen LogP contribution is -2.38. The van der Waals surface area contributed by atoms with Crippen LogP contribution in [0.25, 0.3) is 0 Å². The van der Waals surface area contributed by atoms with E-state index in [-0.39, 0.29) is 23.1 Å². The predicted molar refractivity (Wildman–Crippen MR) is 124 cm³/mol. The van der Waals surface area contributed by atoms with Gasteiger partial charge in [0.05, 0.1) is 22.4 Å². The Morgan fingerprint density at radius 3 is 2.69 bits per heavy atom. The van der Waals surface area contributed by atoms with Crippen molar-refractivity contribution in [3.63, 3.8) is 0 Å². The van der Waals surface area contributed by atoms with Crippen molar-refractivity contribution in [1.82, 2.24) is 20.3 Å². The quantitative estimate of drug-likeness (QED) is 0.282. The van der Waals surface area contributed by atoms with Gasteiger partial charge >= 0.3 is 0 Å². The first-order chi connectivity index (χ1) is 15.2. The van der Waals surface area contributed by atoms with Crippen LogP contribution in [0.3, 0.4) is 0 Å². The molecule has 0 radical (unpaired) electrons. The number of oxazole rings is 1. The van der Waals surface area contributed by atoms with E-state index in [0.29, 0.717) is 29.6 Å². The maximum Gasteiger partial charge on any atom is 0.243 e. The van der Waals surface area contributed by atoms with Crippen LogP contribution < -0.4 is 10.8 Å². The molecule has 2 aromatic rings. The van der Waals surface area contributed by atoms with Gasteiger partial charge in [-0.05, 0) is 38.9 Å². The predicted octanol–water partition coefficient (Wildman–Crippen LogP) is 3.66. The molecule has 0 saturated carbocycles. The van der Waals surface area contributed by atoms with Crippen molar-refractivity contribution in [3.8, 4) is 0 Å². The summed E-state index contributed by atoms with van der Waals surface area (Å²) in [5, 5.41) is 12.1. The third-order valence-corrected chi connectivity index (χ3v) is 7.40. The van der Waals surface area contributed by atoms with Crippen LogP contribution in [0.5, 0.6) is 0 Å². The number of amides is 2. The number of carbonyl (C=O) groups excluding carboxylic acids is 2. The second-order valence-electron chi connectivity index (χ2n) is 8.89. The van der Waals surface area contributed by atoms with Crippen molar-refractivity contribution in [2.75, 3.05) is 25.0 Å². The summed E-state index contributed by atoms with van der Waals surface area (Å²) in [6, 6.07) is 0. The van der Waals surface area contributed by atoms with Gasteiger partial charge in [0.2, 0.25) is 17.7 Å². The van der Waals surface area contributed by atoms with Crippen molar-refractivity contribution >= 4 is 40.0 Å². The number of hydrogen-bond donors (Lipinski definition) is 3. The Hall–Kier alpha value is -1.95. The number of thioether (sulfide) groups is 1. The van der Waals surface area contributed by atoms with Crippen molar-refractivity contribution in [2.45, 2.75) is 61.8 Å². The number of piperidine rings is 1. The molecule has 3 N–H and O–H groups in total. The largest absolute Gasteiger partial charge is 0.444 e. The molecule has 9 nitrogen and oxygen atoms in total. The highest BCUT2D eigenvalue weighted by Crippen LogP contribution is 2.32. The maximum atomic E-state index is 12.6. The van der Waals surface area contributed by atoms with Crippen LogP contribution in [-0.2, 0) is 20.8 Å². The summed E-state index contributed by atoms with van der Waals surface area (Å²) in [5.41, 5.74) is 1.58. The van der Waals surface area contributed by atoms with Crippen molar-refractivity contribution in [1.29, 1.82) is 0 Å². The minimum Gasteiger partial charge on any atom is -0.444 e. The molecule has 3 rings (SSSR count). The van der Waals surface area contributed by atoms with E-state index in [0.717, 1.165) is 42.4 Å². The number of rotatable bonds is 9. The van der Waals surface area contributed by atoms with Crippen LogP contribution in [0.15, 0.2) is 21.0 Å². The Kier molecular flexibility index (Phi) is 8.69. The molecule has 1 saturated heterocycles. The molecule has 11 heteroatoms. The fourth-order valence-electron chi connectivity index (χ4n) is 3.39. The van der Waals surface area contributed by atoms with Crippen molar-refractivity contribution in [3.05, 3.63) is 24.0 Å². The van der Waals surface area contributed by atoms with Gasteiger partial charge in [0, 0.05) is 17.8 Å². The molecular formula is C21H31N5O4S2. The van der Waals surface area contributed by atoms with E-state index in [2.05, 4.69) is 41.0 Å². The highest BCUT2D eigenvalue weighted by molar-refractivity contribution is 8.00. The van der Waals surface area contributed by atoms with E-state index in [9.17, 15) is 9.59 Å². The Morgan fingerprint density at radius 1 is 1.28 bits per heavy atom. The minimum absolute atomic E-state index is 0.0118. The number of hydroxylamine groups is 1. The molecule has 1 fully saturated rings. The van der Waals surface area contributed by atoms with Crippen LogP contribution in [0.4, 0.5) is 5.13 Å². The summed E-state index contributed by atoms with van der Waals surface area (Å²) in [4.78, 5) is 34.6. The van der Waals surface area contributed by atoms with Crippen LogP contribution in [0.1, 0.15) is 58.1 Å². The maximum absolute atomic E-state index is 12.6. The van der Waals surface area contributed by atoms with Gasteiger partial charge < -0.3 is 14.6 Å². The highest BCUT2D eigenvalue weighted by Gasteiger charge is 2.25. The standard InChI is InChI=1S/C21H31N5O4S2/c1-21(2,3)15-11-22-17(30-15)13-31-18-12-23-20(32-18)24-19(28)14-6-9-26(10-7-14)8-4-5-16(27)25-29/h11-12,14,29H,4-10,13H2,1-3H3,(H,25,27)(H,23,24,28). The fraction of sp³-hybridized carbons (Fsp3) is 0.619. The molecule has 1 aliphatic rings. The van der Waals surface area contributed by atoms with E-state index >= 15 is 0 Å². The van der Waals surface area contributed by atoms with Crippen molar-refractivity contribution < 1.29 is 19.2 Å². The van der Waals surface area contributed by atoms with Gasteiger partial charge in [-0.3, -0.25) is 14.8 Å². The van der Waals surface area contributed by atoms with Gasteiger partial charge in [-0.25, -0.2) is 15.4 Å². The molecule has 1 aliphatic heterocycles. The summed E-state index contributed by atoms with van der Waals surface area (Å²) in [5.74, 6) is 1.78. The molecule has 32 heavy (non-hydrogen) atoms. The second-order valence-corrected chi connectivity index (χ2v) is 11.2. The Morgan fingerprint density at radius 2 is 2.03 bits per heavy atom. The first-order valence-corrected chi connectivity index (χ1v) is 12.5. The molecule has 2 aromatic heterocycles. The van der Waals surface area contributed by atoms with Gasteiger partial charge in [0.15, 0.2) is 5.13 Å². The van der Waals surface area contributed by atoms with Gasteiger partial charge in [0.25, 0.3) is 0 Å². The second kappa shape index (κ2) is 11.3. The Balaban J connectivity index is 1.39. The summed E-state index contributed by atoms with van der Waals surface area (Å²) >= 11 is 3.05. The van der Waals surface area contributed by atoms with Gasteiger partial charge in [-0.2, -0.15) is 0 Å². The SMILES string of the molecule is CC(C)(C)c1cnc(CSc2cnc(NC(=O)C3CCN(CCCC(=O)NO)CC3)s2)o1. The topological polar surface area (TPSA) is 121 Å². The molecular weight excluding hydrogens is 450 g/mol. The molecule has 0 spiro atoms. The zero-order valence-corrected chi connectivity index (χ0v) is 20.4. The molecule has 2 amide bonds. The minimum atomic E-state index is -0.365. The number of aromatic nitrogens is 2. The third-order valence-electron chi connectivity index (χ3n) is 5.31. The number of carbonyl (C=O) groups is 2. The zero-order valence-electron chi connectivity index (χ0n) is 18.7. The lowest BCUT2D eigenvalue weighted by molar-refractivity contribution is -0.129. The van der Waals surface area contributed by atoms with Gasteiger partial charge in [-0.15, -0.1) is 11.8 Å². The molecule has 176 valence electrons. The number of nitrogens with zero attached hydrogens (tertiary/aromatic N) is 3. The van der Waals surface area contributed by atoms with Gasteiger partial charge in [0.1, 0.15) is 5.76 Å². The summed E-state index contributed by atoms with van der Waals surface area (Å²) in [6.07, 6.45) is 6.11. The van der Waals surface area contributed by atoms with Crippen LogP contribution in [0.2, 0.25) is 0 Å². The number of hydrogen-bond acceptors (Lipinski definition) is 9. The van der Waals surface area contributed by atoms with Crippen LogP contribution in [-0.4, -0.2) is 51.5 Å². The molecule has 0 bridgehead atoms. The monoisotopic (exact) mass is 481 g/mol. The lowest BCUT2D eigenvalue weighted by atomic mass is 9.94. The smallest absolute Gasteiger partial charge is 0.243 e. The molecule has 0 atom stereocenters. The normalized spacial score (nSPS) is 15.6. The van der Waals surface area contributed by atoms with E-state index in [4.69, 9.17) is 9.62 Å². The zero-order chi connectivity index (χ0) is 23.1. The summed E-state index contributed by atoms with van der Waals surface area (Å²) in [6.45, 7) is 8.70. The number of thiazole rings is 1. The lowest BCUT2D eigenvalue weighted by Gasteiger charge is -2.30. The first kappa shape index (κ1) is 24.7. The number of anilines is 1. The fourth-order valence-corrected chi connectivity index (χ4v) is 5.11. The van der Waals surface area contributed by atoms with Crippen LogP contribution >= 0.6 is 23.1 Å². The molecule has 0 unspecified atom stereocenters. The molecule has 0 aromatic carbocycles. The Labute approximate surface area is 196 Å². The third kappa shape index (κ3) is 7.29. The van der Waals surface area contributed by atoms with E-state index < -0.39 is 0 Å². The highest BCUT2D eigenvalue weighted by atomic mass is 32.2. The Bertz CT molecular complexity index is 900. The average molecular weight is 482 g/mol. The molecule has 0 aliphatic carbocycles.